The topological polar surface area (TPSA) is 0 Å². The van der Waals surface area contributed by atoms with Crippen LogP contribution in [0.4, 0.5) is 0 Å². The molecule has 1 heteroatoms. The smallest absolute Gasteiger partial charge is 0.0395 e. The van der Waals surface area contributed by atoms with Crippen LogP contribution in [0.15, 0.2) is 18.2 Å². The Morgan fingerprint density at radius 1 is 0.909 bits per heavy atom. The van der Waals surface area contributed by atoms with Gasteiger partial charge in [0, 0.05) is 0 Å². The van der Waals surface area contributed by atoms with E-state index in [0.717, 1.165) is 0 Å². The summed E-state index contributed by atoms with van der Waals surface area (Å²) in [7, 11) is 0. The maximum Gasteiger partial charge on any atom is -0.0395 e. The van der Waals surface area contributed by atoms with Crippen LogP contribution in [0.2, 0.25) is 0 Å². The van der Waals surface area contributed by atoms with Gasteiger partial charge in [-0.05, 0) is 31.9 Å². The van der Waals surface area contributed by atoms with Crippen LogP contribution < -0.4 is 0 Å². The summed E-state index contributed by atoms with van der Waals surface area (Å²) in [6.07, 6.45) is 0. The van der Waals surface area contributed by atoms with Crippen molar-refractivity contribution in [2.24, 2.45) is 0 Å². The van der Waals surface area contributed by atoms with Gasteiger partial charge in [-0.15, -0.1) is 12.4 Å². The molecular weight excluding hydrogens is 156 g/mol. The molecule has 0 spiro atoms. The van der Waals surface area contributed by atoms with E-state index in [1.807, 2.05) is 0 Å². The summed E-state index contributed by atoms with van der Waals surface area (Å²) in [5.74, 6) is 0. The fourth-order valence-corrected chi connectivity index (χ4v) is 0.891. The molecule has 0 aliphatic heterocycles. The summed E-state index contributed by atoms with van der Waals surface area (Å²) in [4.78, 5) is 0. The average molecular weight is 173 g/mol. The summed E-state index contributed by atoms with van der Waals surface area (Å²) in [5.41, 5.74) is 4.11. The maximum atomic E-state index is 2.20. The summed E-state index contributed by atoms with van der Waals surface area (Å²) in [6, 6.07) is 6.50. The molecule has 0 amide bonds. The molecule has 0 aliphatic carbocycles. The molecule has 0 saturated heterocycles. The largest absolute Gasteiger partial charge is 0.147 e. The fraction of sp³-hybridized carbons (Fsp3) is 0.400. The van der Waals surface area contributed by atoms with Crippen molar-refractivity contribution in [1.82, 2.24) is 0 Å². The van der Waals surface area contributed by atoms with Gasteiger partial charge in [0.15, 0.2) is 0 Å². The molecule has 0 nitrogen and oxygen atoms in total. The van der Waals surface area contributed by atoms with Crippen LogP contribution in [0, 0.1) is 20.8 Å². The molecule has 1 rings (SSSR count). The highest BCUT2D eigenvalue weighted by molar-refractivity contribution is 5.85. The molecular formula is C10H17Cl. The van der Waals surface area contributed by atoms with Gasteiger partial charge < -0.3 is 0 Å². The molecule has 0 fully saturated rings. The van der Waals surface area contributed by atoms with Crippen molar-refractivity contribution in [2.75, 3.05) is 0 Å². The lowest BCUT2D eigenvalue weighted by atomic mass is 10.1. The van der Waals surface area contributed by atoms with E-state index >= 15 is 0 Å². The molecule has 0 aromatic heterocycles. The monoisotopic (exact) mass is 172 g/mol. The zero-order chi connectivity index (χ0) is 6.85. The van der Waals surface area contributed by atoms with Crippen molar-refractivity contribution < 1.29 is 0 Å². The third-order valence-electron chi connectivity index (χ3n) is 1.66. The van der Waals surface area contributed by atoms with Crippen molar-refractivity contribution in [2.45, 2.75) is 28.2 Å². The molecule has 0 radical (unpaired) electrons. The van der Waals surface area contributed by atoms with Crippen LogP contribution in [0.25, 0.3) is 0 Å². The van der Waals surface area contributed by atoms with E-state index in [4.69, 9.17) is 0 Å². The molecule has 0 atom stereocenters. The molecule has 0 heterocycles. The first-order valence-corrected chi connectivity index (χ1v) is 3.24. The minimum absolute atomic E-state index is 0. The highest BCUT2D eigenvalue weighted by atomic mass is 35.5. The number of hydrogen-bond donors (Lipinski definition) is 0. The van der Waals surface area contributed by atoms with Gasteiger partial charge >= 0.3 is 0 Å². The minimum Gasteiger partial charge on any atom is -0.147 e. The van der Waals surface area contributed by atoms with Gasteiger partial charge in [0.1, 0.15) is 0 Å². The van der Waals surface area contributed by atoms with Crippen LogP contribution in [0.3, 0.4) is 0 Å². The van der Waals surface area contributed by atoms with Crippen molar-refractivity contribution >= 4 is 12.4 Å². The third kappa shape index (κ3) is 3.43. The van der Waals surface area contributed by atoms with E-state index in [1.54, 1.807) is 0 Å². The van der Waals surface area contributed by atoms with E-state index in [9.17, 15) is 0 Å². The van der Waals surface area contributed by atoms with Gasteiger partial charge in [-0.25, -0.2) is 0 Å². The lowest BCUT2D eigenvalue weighted by molar-refractivity contribution is 1.30. The quantitative estimate of drug-likeness (QED) is 0.560. The van der Waals surface area contributed by atoms with Crippen molar-refractivity contribution in [3.63, 3.8) is 0 Å². The lowest BCUT2D eigenvalue weighted by Gasteiger charge is -1.98. The second-order valence-corrected chi connectivity index (χ2v) is 2.59. The first kappa shape index (κ1) is 13.1. The van der Waals surface area contributed by atoms with Gasteiger partial charge in [-0.1, -0.05) is 31.2 Å². The van der Waals surface area contributed by atoms with Crippen molar-refractivity contribution in [3.8, 4) is 0 Å². The van der Waals surface area contributed by atoms with Crippen LogP contribution >= 0.6 is 12.4 Å². The van der Waals surface area contributed by atoms with Gasteiger partial charge in [0.05, 0.1) is 0 Å². The minimum atomic E-state index is 0. The molecule has 1 aromatic carbocycles. The summed E-state index contributed by atoms with van der Waals surface area (Å²) in [5, 5.41) is 0. The Balaban J connectivity index is 0. The highest BCUT2D eigenvalue weighted by Gasteiger charge is 1.89. The number of rotatable bonds is 0. The third-order valence-corrected chi connectivity index (χ3v) is 1.66. The molecule has 0 unspecified atom stereocenters. The van der Waals surface area contributed by atoms with Crippen LogP contribution in [0.5, 0.6) is 0 Å². The molecule has 0 N–H and O–H groups in total. The van der Waals surface area contributed by atoms with Crippen molar-refractivity contribution in [1.29, 1.82) is 0 Å². The van der Waals surface area contributed by atoms with Gasteiger partial charge in [0.25, 0.3) is 0 Å². The zero-order valence-electron chi connectivity index (χ0n) is 6.64. The SMILES string of the molecule is C.Cc1ccc(C)c(C)c1.Cl. The Bertz CT molecular complexity index is 216. The van der Waals surface area contributed by atoms with Crippen molar-refractivity contribution in [3.05, 3.63) is 34.9 Å². The summed E-state index contributed by atoms with van der Waals surface area (Å²) < 4.78 is 0. The predicted molar refractivity (Wildman–Crippen MR) is 54.6 cm³/mol. The molecule has 0 bridgehead atoms. The lowest BCUT2D eigenvalue weighted by Crippen LogP contribution is -1.79. The number of aryl methyl sites for hydroxylation is 3. The van der Waals surface area contributed by atoms with E-state index in [-0.39, 0.29) is 19.8 Å². The van der Waals surface area contributed by atoms with Gasteiger partial charge in [-0.2, -0.15) is 0 Å². The van der Waals surface area contributed by atoms with Crippen LogP contribution in [-0.4, -0.2) is 0 Å². The standard InChI is InChI=1S/C9H12.CH4.ClH/c1-7-4-5-8(2)9(3)6-7;;/h4-6H,1-3H3;1H4;1H. The fourth-order valence-electron chi connectivity index (χ4n) is 0.891. The van der Waals surface area contributed by atoms with E-state index < -0.39 is 0 Å². The first-order valence-electron chi connectivity index (χ1n) is 3.24. The Kier molecular flexibility index (Phi) is 6.20. The van der Waals surface area contributed by atoms with Crippen LogP contribution in [-0.2, 0) is 0 Å². The van der Waals surface area contributed by atoms with E-state index in [0.29, 0.717) is 0 Å². The molecule has 64 valence electrons. The second kappa shape index (κ2) is 5.20. The summed E-state index contributed by atoms with van der Waals surface area (Å²) >= 11 is 0. The molecule has 1 aromatic rings. The van der Waals surface area contributed by atoms with E-state index in [2.05, 4.69) is 39.0 Å². The maximum absolute atomic E-state index is 2.20. The Labute approximate surface area is 76.1 Å². The molecule has 0 saturated carbocycles. The van der Waals surface area contributed by atoms with E-state index in [1.165, 1.54) is 16.7 Å². The predicted octanol–water partition coefficient (Wildman–Crippen LogP) is 3.67. The Morgan fingerprint density at radius 2 is 1.45 bits per heavy atom. The Morgan fingerprint density at radius 3 is 1.82 bits per heavy atom. The average Bonchev–Trinajstić information content (AvgIpc) is 1.80. The number of hydrogen-bond acceptors (Lipinski definition) is 0. The first-order chi connectivity index (χ1) is 4.20. The summed E-state index contributed by atoms with van der Waals surface area (Å²) in [6.45, 7) is 6.39. The van der Waals surface area contributed by atoms with Gasteiger partial charge in [-0.3, -0.25) is 0 Å². The Hall–Kier alpha value is -0.490. The molecule has 0 aliphatic rings. The van der Waals surface area contributed by atoms with Gasteiger partial charge in [0.2, 0.25) is 0 Å². The normalized spacial score (nSPS) is 7.91. The van der Waals surface area contributed by atoms with Crippen LogP contribution in [0.1, 0.15) is 24.1 Å². The highest BCUT2D eigenvalue weighted by Crippen LogP contribution is 2.07. The molecule has 11 heavy (non-hydrogen) atoms. The zero-order valence-corrected chi connectivity index (χ0v) is 7.46. The number of benzene rings is 1. The second-order valence-electron chi connectivity index (χ2n) is 2.59. The number of halogens is 1.